The van der Waals surface area contributed by atoms with E-state index in [9.17, 15) is 4.79 Å². The minimum absolute atomic E-state index is 0.0376. The second-order valence-corrected chi connectivity index (χ2v) is 5.71. The zero-order chi connectivity index (χ0) is 12.4. The van der Waals surface area contributed by atoms with Crippen molar-refractivity contribution in [3.8, 4) is 0 Å². The second kappa shape index (κ2) is 5.42. The van der Waals surface area contributed by atoms with Crippen molar-refractivity contribution in [2.24, 2.45) is 7.05 Å². The number of thioether (sulfide) groups is 1. The van der Waals surface area contributed by atoms with Gasteiger partial charge in [0.15, 0.2) is 5.78 Å². The first-order valence-electron chi connectivity index (χ1n) is 5.61. The molecule has 1 aromatic rings. The fourth-order valence-electron chi connectivity index (χ4n) is 1.94. The number of hydrogen-bond donors (Lipinski definition) is 1. The van der Waals surface area contributed by atoms with E-state index in [0.717, 1.165) is 29.3 Å². The highest BCUT2D eigenvalue weighted by Crippen LogP contribution is 2.20. The van der Waals surface area contributed by atoms with E-state index in [2.05, 4.69) is 10.4 Å². The van der Waals surface area contributed by atoms with Crippen molar-refractivity contribution in [2.75, 3.05) is 18.1 Å². The number of Topliss-reactive ketones (excluding diaryl/α,β-unsaturated/α-hetero) is 1. The quantitative estimate of drug-likeness (QED) is 0.899. The minimum Gasteiger partial charge on any atom is -0.306 e. The van der Waals surface area contributed by atoms with E-state index in [4.69, 9.17) is 11.6 Å². The lowest BCUT2D eigenvalue weighted by Crippen LogP contribution is -2.44. The molecule has 0 spiro atoms. The summed E-state index contributed by atoms with van der Waals surface area (Å²) in [6.45, 7) is 2.79. The molecule has 1 fully saturated rings. The Labute approximate surface area is 110 Å². The summed E-state index contributed by atoms with van der Waals surface area (Å²) in [5.74, 6) is 2.14. The van der Waals surface area contributed by atoms with Crippen LogP contribution in [0.5, 0.6) is 0 Å². The highest BCUT2D eigenvalue weighted by molar-refractivity contribution is 7.99. The Morgan fingerprint density at radius 1 is 1.71 bits per heavy atom. The van der Waals surface area contributed by atoms with Gasteiger partial charge in [0, 0.05) is 37.1 Å². The Balaban J connectivity index is 2.07. The summed E-state index contributed by atoms with van der Waals surface area (Å²) in [6.07, 6.45) is 0.372. The van der Waals surface area contributed by atoms with Crippen LogP contribution in [0.1, 0.15) is 11.3 Å². The van der Waals surface area contributed by atoms with Gasteiger partial charge in [-0.15, -0.1) is 0 Å². The Morgan fingerprint density at radius 3 is 3.00 bits per heavy atom. The number of rotatable bonds is 3. The van der Waals surface area contributed by atoms with Crippen molar-refractivity contribution in [1.82, 2.24) is 15.1 Å². The molecule has 1 unspecified atom stereocenters. The molecule has 0 radical (unpaired) electrons. The summed E-state index contributed by atoms with van der Waals surface area (Å²) in [5, 5.41) is 8.03. The highest BCUT2D eigenvalue weighted by atomic mass is 35.5. The lowest BCUT2D eigenvalue weighted by Gasteiger charge is -2.21. The van der Waals surface area contributed by atoms with E-state index >= 15 is 0 Å². The fraction of sp³-hybridized carbons (Fsp3) is 0.636. The molecule has 2 rings (SSSR count). The molecule has 2 heterocycles. The summed E-state index contributed by atoms with van der Waals surface area (Å²) in [4.78, 5) is 12.1. The Morgan fingerprint density at radius 2 is 2.47 bits per heavy atom. The molecule has 0 aliphatic carbocycles. The highest BCUT2D eigenvalue weighted by Gasteiger charge is 2.23. The maximum absolute atomic E-state index is 12.1. The van der Waals surface area contributed by atoms with Crippen molar-refractivity contribution in [2.45, 2.75) is 19.4 Å². The third kappa shape index (κ3) is 2.84. The number of aryl methyl sites for hydroxylation is 2. The molecule has 1 aromatic heterocycles. The molecule has 0 bridgehead atoms. The predicted octanol–water partition coefficient (Wildman–Crippen LogP) is 1.20. The molecule has 4 nitrogen and oxygen atoms in total. The minimum atomic E-state index is -0.0376. The van der Waals surface area contributed by atoms with E-state index in [-0.39, 0.29) is 11.8 Å². The molecule has 17 heavy (non-hydrogen) atoms. The average molecular weight is 274 g/mol. The van der Waals surface area contributed by atoms with Crippen molar-refractivity contribution < 1.29 is 4.79 Å². The van der Waals surface area contributed by atoms with Gasteiger partial charge in [-0.3, -0.25) is 9.48 Å². The number of halogens is 1. The molecule has 1 aliphatic heterocycles. The van der Waals surface area contributed by atoms with Crippen molar-refractivity contribution in [1.29, 1.82) is 0 Å². The number of aromatic nitrogens is 2. The van der Waals surface area contributed by atoms with E-state index in [1.165, 1.54) is 0 Å². The molecule has 94 valence electrons. The van der Waals surface area contributed by atoms with Crippen LogP contribution >= 0.6 is 23.4 Å². The summed E-state index contributed by atoms with van der Waals surface area (Å²) in [5.41, 5.74) is 1.70. The van der Waals surface area contributed by atoms with Crippen LogP contribution in [-0.4, -0.2) is 39.7 Å². The van der Waals surface area contributed by atoms with Crippen molar-refractivity contribution in [3.63, 3.8) is 0 Å². The fourth-order valence-corrected chi connectivity index (χ4v) is 3.15. The molecular weight excluding hydrogens is 258 g/mol. The lowest BCUT2D eigenvalue weighted by molar-refractivity contribution is -0.119. The third-order valence-corrected chi connectivity index (χ3v) is 4.47. The Hall–Kier alpha value is -0.520. The molecule has 0 amide bonds. The van der Waals surface area contributed by atoms with Crippen LogP contribution in [0.4, 0.5) is 0 Å². The van der Waals surface area contributed by atoms with Gasteiger partial charge in [-0.25, -0.2) is 0 Å². The number of ketones is 1. The summed E-state index contributed by atoms with van der Waals surface area (Å²) in [6, 6.07) is -0.0376. The van der Waals surface area contributed by atoms with Crippen molar-refractivity contribution in [3.05, 3.63) is 16.4 Å². The monoisotopic (exact) mass is 273 g/mol. The standard InChI is InChI=1S/C11H16ClN3OS/c1-7-8(11(12)15(2)14-7)5-10(16)9-6-17-4-3-13-9/h9,13H,3-6H2,1-2H3. The van der Waals surface area contributed by atoms with Gasteiger partial charge in [-0.05, 0) is 6.92 Å². The smallest absolute Gasteiger partial charge is 0.155 e. The Bertz CT molecular complexity index is 427. The van der Waals surface area contributed by atoms with Gasteiger partial charge < -0.3 is 5.32 Å². The number of carbonyl (C=O) groups excluding carboxylic acids is 1. The van der Waals surface area contributed by atoms with Gasteiger partial charge >= 0.3 is 0 Å². The molecule has 1 atom stereocenters. The molecule has 0 saturated carbocycles. The SMILES string of the molecule is Cc1nn(C)c(Cl)c1CC(=O)C1CSCCN1. The van der Waals surface area contributed by atoms with Gasteiger partial charge in [0.25, 0.3) is 0 Å². The van der Waals surface area contributed by atoms with Crippen LogP contribution in [0.15, 0.2) is 0 Å². The maximum Gasteiger partial charge on any atom is 0.155 e. The van der Waals surface area contributed by atoms with Gasteiger partial charge in [0.2, 0.25) is 0 Å². The molecule has 1 N–H and O–H groups in total. The van der Waals surface area contributed by atoms with Gasteiger partial charge in [-0.1, -0.05) is 11.6 Å². The molecule has 1 saturated heterocycles. The maximum atomic E-state index is 12.1. The first-order valence-corrected chi connectivity index (χ1v) is 7.14. The molecule has 0 aromatic carbocycles. The van der Waals surface area contributed by atoms with Crippen molar-refractivity contribution >= 4 is 29.1 Å². The zero-order valence-corrected chi connectivity index (χ0v) is 11.6. The first-order chi connectivity index (χ1) is 8.09. The Kier molecular flexibility index (Phi) is 4.12. The molecule has 6 heteroatoms. The van der Waals surface area contributed by atoms with E-state index in [1.54, 1.807) is 11.7 Å². The second-order valence-electron chi connectivity index (χ2n) is 4.20. The lowest BCUT2D eigenvalue weighted by atomic mass is 10.1. The molecular formula is C11H16ClN3OS. The van der Waals surface area contributed by atoms with Crippen LogP contribution in [0.2, 0.25) is 5.15 Å². The van der Waals surface area contributed by atoms with E-state index < -0.39 is 0 Å². The zero-order valence-electron chi connectivity index (χ0n) is 9.99. The topological polar surface area (TPSA) is 46.9 Å². The first kappa shape index (κ1) is 12.9. The normalized spacial score (nSPS) is 20.5. The van der Waals surface area contributed by atoms with Crippen LogP contribution in [0, 0.1) is 6.92 Å². The summed E-state index contributed by atoms with van der Waals surface area (Å²) >= 11 is 7.94. The third-order valence-electron chi connectivity index (χ3n) is 2.93. The van der Waals surface area contributed by atoms with Crippen LogP contribution in [0.25, 0.3) is 0 Å². The largest absolute Gasteiger partial charge is 0.306 e. The number of nitrogens with one attached hydrogen (secondary N) is 1. The summed E-state index contributed by atoms with van der Waals surface area (Å²) in [7, 11) is 1.79. The van der Waals surface area contributed by atoms with Crippen LogP contribution < -0.4 is 5.32 Å². The number of carbonyl (C=O) groups is 1. The van der Waals surface area contributed by atoms with Crippen LogP contribution in [0.3, 0.4) is 0 Å². The predicted molar refractivity (Wildman–Crippen MR) is 70.8 cm³/mol. The van der Waals surface area contributed by atoms with Gasteiger partial charge in [0.1, 0.15) is 5.15 Å². The van der Waals surface area contributed by atoms with Crippen LogP contribution in [-0.2, 0) is 18.3 Å². The summed E-state index contributed by atoms with van der Waals surface area (Å²) < 4.78 is 1.61. The average Bonchev–Trinajstić information content (AvgIpc) is 2.57. The van der Waals surface area contributed by atoms with Gasteiger partial charge in [0.05, 0.1) is 11.7 Å². The molecule has 1 aliphatic rings. The van der Waals surface area contributed by atoms with E-state index in [1.807, 2.05) is 18.7 Å². The van der Waals surface area contributed by atoms with Gasteiger partial charge in [-0.2, -0.15) is 16.9 Å². The number of nitrogens with zero attached hydrogens (tertiary/aromatic N) is 2. The number of hydrogen-bond acceptors (Lipinski definition) is 4. The van der Waals surface area contributed by atoms with E-state index in [0.29, 0.717) is 11.6 Å².